The van der Waals surface area contributed by atoms with Crippen molar-refractivity contribution in [3.05, 3.63) is 23.4 Å². The van der Waals surface area contributed by atoms with Gasteiger partial charge in [0.25, 0.3) is 4.84 Å². The Morgan fingerprint density at radius 2 is 2.29 bits per heavy atom. The van der Waals surface area contributed by atoms with Gasteiger partial charge in [-0.15, -0.1) is 5.10 Å². The first-order valence-electron chi connectivity index (χ1n) is 4.70. The van der Waals surface area contributed by atoms with Crippen LogP contribution in [0.1, 0.15) is 5.89 Å². The predicted molar refractivity (Wildman–Crippen MR) is 60.5 cm³/mol. The number of aromatic nitrogens is 6. The summed E-state index contributed by atoms with van der Waals surface area (Å²) in [5.41, 5.74) is 6.86. The highest BCUT2D eigenvalue weighted by atomic mass is 32.1. The van der Waals surface area contributed by atoms with Crippen LogP contribution in [-0.4, -0.2) is 29.7 Å². The number of H-pyrrole nitrogens is 1. The van der Waals surface area contributed by atoms with Crippen LogP contribution in [0.3, 0.4) is 0 Å². The van der Waals surface area contributed by atoms with E-state index in [0.717, 1.165) is 0 Å². The van der Waals surface area contributed by atoms with Gasteiger partial charge in [0.15, 0.2) is 11.5 Å². The van der Waals surface area contributed by atoms with Gasteiger partial charge in [0.1, 0.15) is 18.4 Å². The summed E-state index contributed by atoms with van der Waals surface area (Å²) < 4.78 is 6.91. The molecule has 9 heteroatoms. The second-order valence-corrected chi connectivity index (χ2v) is 3.68. The Morgan fingerprint density at radius 1 is 1.41 bits per heavy atom. The van der Waals surface area contributed by atoms with Crippen molar-refractivity contribution >= 4 is 29.2 Å². The Bertz CT molecular complexity index is 727. The van der Waals surface area contributed by atoms with Crippen molar-refractivity contribution in [3.8, 4) is 0 Å². The van der Waals surface area contributed by atoms with Crippen LogP contribution in [0.25, 0.3) is 11.2 Å². The summed E-state index contributed by atoms with van der Waals surface area (Å²) in [7, 11) is 0. The molecule has 0 amide bonds. The molecule has 3 aromatic rings. The van der Waals surface area contributed by atoms with E-state index < -0.39 is 0 Å². The molecule has 0 aromatic carbocycles. The van der Waals surface area contributed by atoms with E-state index >= 15 is 0 Å². The smallest absolute Gasteiger partial charge is 0.284 e. The molecule has 86 valence electrons. The molecule has 0 bridgehead atoms. The quantitative estimate of drug-likeness (QED) is 0.636. The number of nitrogens with one attached hydrogen (secondary N) is 1. The van der Waals surface area contributed by atoms with E-state index in [9.17, 15) is 0 Å². The average Bonchev–Trinajstić information content (AvgIpc) is 2.88. The molecule has 0 radical (unpaired) electrons. The first-order valence-corrected chi connectivity index (χ1v) is 5.10. The molecule has 0 aliphatic carbocycles. The zero-order valence-corrected chi connectivity index (χ0v) is 9.31. The van der Waals surface area contributed by atoms with E-state index in [0.29, 0.717) is 29.4 Å². The fourth-order valence-corrected chi connectivity index (χ4v) is 1.63. The van der Waals surface area contributed by atoms with Crippen molar-refractivity contribution in [2.75, 3.05) is 5.73 Å². The standard InChI is InChI=1S/C8H7N7OS/c9-6-5-7(11-2-10-6)15(3-12-5)1-4-13-14-8(17)16-4/h2-3H,1H2,(H,14,17)(H2,9,10,11). The summed E-state index contributed by atoms with van der Waals surface area (Å²) in [6, 6.07) is 0. The van der Waals surface area contributed by atoms with Crippen molar-refractivity contribution in [3.63, 3.8) is 0 Å². The molecule has 0 aliphatic heterocycles. The van der Waals surface area contributed by atoms with Gasteiger partial charge >= 0.3 is 0 Å². The number of nitrogens with zero attached hydrogens (tertiary/aromatic N) is 5. The van der Waals surface area contributed by atoms with Gasteiger partial charge in [0.05, 0.1) is 6.33 Å². The molecule has 0 unspecified atom stereocenters. The first-order chi connectivity index (χ1) is 8.24. The van der Waals surface area contributed by atoms with Crippen molar-refractivity contribution in [1.29, 1.82) is 0 Å². The van der Waals surface area contributed by atoms with Crippen LogP contribution < -0.4 is 5.73 Å². The normalized spacial score (nSPS) is 11.1. The second kappa shape index (κ2) is 3.63. The van der Waals surface area contributed by atoms with Crippen LogP contribution in [0, 0.1) is 4.84 Å². The van der Waals surface area contributed by atoms with Crippen molar-refractivity contribution in [1.82, 2.24) is 29.7 Å². The molecular formula is C8H7N7OS. The maximum absolute atomic E-state index is 5.68. The number of imidazole rings is 1. The third-order valence-corrected chi connectivity index (χ3v) is 2.39. The number of nitrogen functional groups attached to an aromatic ring is 1. The molecule has 0 atom stereocenters. The Labute approximate surface area is 99.5 Å². The molecule has 0 saturated heterocycles. The number of hydrogen-bond donors (Lipinski definition) is 2. The van der Waals surface area contributed by atoms with E-state index in [4.69, 9.17) is 22.4 Å². The summed E-state index contributed by atoms with van der Waals surface area (Å²) in [6.07, 6.45) is 2.99. The zero-order chi connectivity index (χ0) is 11.8. The maximum atomic E-state index is 5.68. The lowest BCUT2D eigenvalue weighted by molar-refractivity contribution is 0.468. The SMILES string of the molecule is Nc1ncnc2c1ncn2Cc1n[nH]c(=S)o1. The number of anilines is 1. The average molecular weight is 249 g/mol. The first kappa shape index (κ1) is 9.90. The lowest BCUT2D eigenvalue weighted by Gasteiger charge is -1.98. The van der Waals surface area contributed by atoms with E-state index in [-0.39, 0.29) is 4.84 Å². The summed E-state index contributed by atoms with van der Waals surface area (Å²) in [5, 5.41) is 6.45. The van der Waals surface area contributed by atoms with E-state index in [1.54, 1.807) is 10.9 Å². The highest BCUT2D eigenvalue weighted by Gasteiger charge is 2.09. The molecule has 8 nitrogen and oxygen atoms in total. The number of fused-ring (bicyclic) bond motifs is 1. The van der Waals surface area contributed by atoms with Gasteiger partial charge < -0.3 is 14.7 Å². The fourth-order valence-electron chi connectivity index (χ4n) is 1.49. The molecule has 0 fully saturated rings. The molecule has 0 spiro atoms. The van der Waals surface area contributed by atoms with Gasteiger partial charge in [-0.1, -0.05) is 0 Å². The van der Waals surface area contributed by atoms with Crippen LogP contribution >= 0.6 is 12.2 Å². The Hall–Kier alpha value is -2.29. The summed E-state index contributed by atoms with van der Waals surface area (Å²) in [6.45, 7) is 0.375. The molecule has 3 N–H and O–H groups in total. The Balaban J connectivity index is 2.06. The number of rotatable bonds is 2. The van der Waals surface area contributed by atoms with Crippen molar-refractivity contribution in [2.24, 2.45) is 0 Å². The monoisotopic (exact) mass is 249 g/mol. The third-order valence-electron chi connectivity index (χ3n) is 2.22. The highest BCUT2D eigenvalue weighted by molar-refractivity contribution is 7.71. The minimum Gasteiger partial charge on any atom is -0.412 e. The molecular weight excluding hydrogens is 242 g/mol. The zero-order valence-electron chi connectivity index (χ0n) is 8.49. The van der Waals surface area contributed by atoms with Gasteiger partial charge in [-0.05, 0) is 12.2 Å². The number of nitrogens with two attached hydrogens (primary N) is 1. The van der Waals surface area contributed by atoms with Crippen molar-refractivity contribution < 1.29 is 4.42 Å². The lowest BCUT2D eigenvalue weighted by atomic mass is 10.5. The molecule has 0 saturated carbocycles. The van der Waals surface area contributed by atoms with Crippen LogP contribution in [0.2, 0.25) is 0 Å². The molecule has 17 heavy (non-hydrogen) atoms. The van der Waals surface area contributed by atoms with E-state index in [2.05, 4.69) is 25.1 Å². The van der Waals surface area contributed by atoms with Crippen LogP contribution in [0.5, 0.6) is 0 Å². The van der Waals surface area contributed by atoms with Gasteiger partial charge in [-0.25, -0.2) is 20.1 Å². The van der Waals surface area contributed by atoms with Crippen LogP contribution in [-0.2, 0) is 6.54 Å². The van der Waals surface area contributed by atoms with Crippen LogP contribution in [0.15, 0.2) is 17.1 Å². The number of hydrogen-bond acceptors (Lipinski definition) is 7. The summed E-state index contributed by atoms with van der Waals surface area (Å²) in [4.78, 5) is 12.3. The summed E-state index contributed by atoms with van der Waals surface area (Å²) >= 11 is 4.79. The minimum absolute atomic E-state index is 0.235. The maximum Gasteiger partial charge on any atom is 0.284 e. The van der Waals surface area contributed by atoms with Gasteiger partial charge in [0, 0.05) is 0 Å². The van der Waals surface area contributed by atoms with E-state index in [1.807, 2.05) is 0 Å². The topological polar surface area (TPSA) is 111 Å². The molecule has 0 aliphatic rings. The summed E-state index contributed by atoms with van der Waals surface area (Å²) in [5.74, 6) is 0.795. The third kappa shape index (κ3) is 1.65. The van der Waals surface area contributed by atoms with Crippen LogP contribution in [0.4, 0.5) is 5.82 Å². The minimum atomic E-state index is 0.235. The highest BCUT2D eigenvalue weighted by Crippen LogP contribution is 2.14. The molecule has 3 aromatic heterocycles. The number of aromatic amines is 1. The Morgan fingerprint density at radius 3 is 3.06 bits per heavy atom. The van der Waals surface area contributed by atoms with E-state index in [1.165, 1.54) is 6.33 Å². The van der Waals surface area contributed by atoms with Gasteiger partial charge in [-0.3, -0.25) is 0 Å². The van der Waals surface area contributed by atoms with Gasteiger partial charge in [0.2, 0.25) is 5.89 Å². The second-order valence-electron chi connectivity index (χ2n) is 3.31. The molecule has 3 heterocycles. The Kier molecular flexibility index (Phi) is 2.11. The fraction of sp³-hybridized carbons (Fsp3) is 0.125. The van der Waals surface area contributed by atoms with Crippen molar-refractivity contribution in [2.45, 2.75) is 6.54 Å². The lowest BCUT2D eigenvalue weighted by Crippen LogP contribution is -2.00. The molecule has 3 rings (SSSR count). The largest absolute Gasteiger partial charge is 0.412 e. The van der Waals surface area contributed by atoms with Gasteiger partial charge in [-0.2, -0.15) is 0 Å². The predicted octanol–water partition coefficient (Wildman–Crippen LogP) is 0.502.